The van der Waals surface area contributed by atoms with Crippen molar-refractivity contribution in [3.63, 3.8) is 0 Å². The molecule has 0 bridgehead atoms. The lowest BCUT2D eigenvalue weighted by Gasteiger charge is -2.24. The van der Waals surface area contributed by atoms with Crippen LogP contribution in [0.2, 0.25) is 0 Å². The molecule has 2 atom stereocenters. The zero-order valence-electron chi connectivity index (χ0n) is 10.5. The summed E-state index contributed by atoms with van der Waals surface area (Å²) in [7, 11) is 0. The first kappa shape index (κ1) is 11.8. The number of rotatable bonds is 3. The molecule has 1 aromatic heterocycles. The van der Waals surface area contributed by atoms with Gasteiger partial charge in [0.1, 0.15) is 0 Å². The topological polar surface area (TPSA) is 62.0 Å². The Kier molecular flexibility index (Phi) is 3.10. The first-order valence-corrected chi connectivity index (χ1v) is 6.76. The highest BCUT2D eigenvalue weighted by atomic mass is 16.3. The summed E-state index contributed by atoms with van der Waals surface area (Å²) < 4.78 is 0. The van der Waals surface area contributed by atoms with E-state index < -0.39 is 6.10 Å². The fourth-order valence-corrected chi connectivity index (χ4v) is 3.07. The Labute approximate surface area is 107 Å². The molecule has 3 heteroatoms. The van der Waals surface area contributed by atoms with Gasteiger partial charge in [0.05, 0.1) is 12.1 Å². The van der Waals surface area contributed by atoms with E-state index in [0.29, 0.717) is 5.92 Å². The van der Waals surface area contributed by atoms with Gasteiger partial charge in [-0.3, -0.25) is 0 Å². The van der Waals surface area contributed by atoms with Gasteiger partial charge >= 0.3 is 0 Å². The zero-order valence-corrected chi connectivity index (χ0v) is 10.5. The number of nitrogens with two attached hydrogens (primary N) is 1. The summed E-state index contributed by atoms with van der Waals surface area (Å²) in [5, 5.41) is 11.5. The van der Waals surface area contributed by atoms with Gasteiger partial charge in [-0.05, 0) is 47.9 Å². The van der Waals surface area contributed by atoms with Crippen LogP contribution in [0.25, 0.3) is 10.9 Å². The van der Waals surface area contributed by atoms with Gasteiger partial charge < -0.3 is 15.8 Å². The van der Waals surface area contributed by atoms with E-state index in [0.717, 1.165) is 29.3 Å². The number of aromatic nitrogens is 1. The van der Waals surface area contributed by atoms with Crippen LogP contribution in [-0.4, -0.2) is 16.2 Å². The van der Waals surface area contributed by atoms with Crippen molar-refractivity contribution in [2.24, 2.45) is 11.7 Å². The number of hydrogen-bond acceptors (Lipinski definition) is 2. The lowest BCUT2D eigenvalue weighted by atomic mass is 9.90. The SMILES string of the molecule is N[C@@H](c1ccc2[nH]ccc2c1)[C@H](O)C1CCCC1. The molecular weight excluding hydrogens is 224 g/mol. The van der Waals surface area contributed by atoms with Crippen molar-refractivity contribution in [1.29, 1.82) is 0 Å². The van der Waals surface area contributed by atoms with Crippen molar-refractivity contribution in [3.8, 4) is 0 Å². The standard InChI is InChI=1S/C15H20N2O/c16-14(15(18)10-3-1-2-4-10)12-5-6-13-11(9-12)7-8-17-13/h5-10,14-15,17-18H,1-4,16H2/t14-,15+/m0/s1. The highest BCUT2D eigenvalue weighted by molar-refractivity contribution is 5.80. The molecule has 1 fully saturated rings. The summed E-state index contributed by atoms with van der Waals surface area (Å²) in [6.45, 7) is 0. The minimum atomic E-state index is -0.413. The van der Waals surface area contributed by atoms with Gasteiger partial charge in [0.2, 0.25) is 0 Å². The molecule has 1 aliphatic carbocycles. The number of hydrogen-bond donors (Lipinski definition) is 3. The van der Waals surface area contributed by atoms with E-state index in [2.05, 4.69) is 11.1 Å². The van der Waals surface area contributed by atoms with Crippen LogP contribution in [-0.2, 0) is 0 Å². The van der Waals surface area contributed by atoms with E-state index in [1.54, 1.807) is 0 Å². The molecule has 96 valence electrons. The average molecular weight is 244 g/mol. The van der Waals surface area contributed by atoms with E-state index in [1.807, 2.05) is 24.4 Å². The number of benzene rings is 1. The third-order valence-corrected chi connectivity index (χ3v) is 4.21. The molecule has 1 aliphatic rings. The summed E-state index contributed by atoms with van der Waals surface area (Å²) in [6, 6.07) is 7.89. The van der Waals surface area contributed by atoms with Crippen molar-refractivity contribution in [2.45, 2.75) is 37.8 Å². The predicted molar refractivity (Wildman–Crippen MR) is 73.2 cm³/mol. The third kappa shape index (κ3) is 2.04. The van der Waals surface area contributed by atoms with Crippen LogP contribution < -0.4 is 5.73 Å². The van der Waals surface area contributed by atoms with Crippen LogP contribution in [0.3, 0.4) is 0 Å². The van der Waals surface area contributed by atoms with Crippen LogP contribution >= 0.6 is 0 Å². The fourth-order valence-electron chi connectivity index (χ4n) is 3.07. The quantitative estimate of drug-likeness (QED) is 0.777. The molecule has 3 rings (SSSR count). The van der Waals surface area contributed by atoms with Crippen molar-refractivity contribution < 1.29 is 5.11 Å². The van der Waals surface area contributed by atoms with Crippen molar-refractivity contribution in [1.82, 2.24) is 4.98 Å². The number of aliphatic hydroxyl groups is 1. The molecule has 2 aromatic rings. The van der Waals surface area contributed by atoms with Crippen LogP contribution in [0.1, 0.15) is 37.3 Å². The second-order valence-corrected chi connectivity index (χ2v) is 5.39. The number of aromatic amines is 1. The van der Waals surface area contributed by atoms with E-state index >= 15 is 0 Å². The predicted octanol–water partition coefficient (Wildman–Crippen LogP) is 2.72. The Balaban J connectivity index is 1.83. The minimum Gasteiger partial charge on any atom is -0.391 e. The molecular formula is C15H20N2O. The maximum Gasteiger partial charge on any atom is 0.0760 e. The normalized spacial score (nSPS) is 20.3. The van der Waals surface area contributed by atoms with E-state index in [-0.39, 0.29) is 6.04 Å². The van der Waals surface area contributed by atoms with Crippen molar-refractivity contribution >= 4 is 10.9 Å². The summed E-state index contributed by atoms with van der Waals surface area (Å²) in [4.78, 5) is 3.17. The Bertz CT molecular complexity index is 528. The van der Waals surface area contributed by atoms with Gasteiger partial charge in [0, 0.05) is 11.7 Å². The van der Waals surface area contributed by atoms with Gasteiger partial charge in [0.25, 0.3) is 0 Å². The number of fused-ring (bicyclic) bond motifs is 1. The Morgan fingerprint density at radius 1 is 1.22 bits per heavy atom. The molecule has 0 spiro atoms. The summed E-state index contributed by atoms with van der Waals surface area (Å²) in [5.41, 5.74) is 8.36. The van der Waals surface area contributed by atoms with Gasteiger partial charge in [-0.2, -0.15) is 0 Å². The monoisotopic (exact) mass is 244 g/mol. The summed E-state index contributed by atoms with van der Waals surface area (Å²) in [6.07, 6.45) is 6.19. The molecule has 0 amide bonds. The lowest BCUT2D eigenvalue weighted by molar-refractivity contribution is 0.0845. The van der Waals surface area contributed by atoms with Gasteiger partial charge in [-0.1, -0.05) is 18.9 Å². The summed E-state index contributed by atoms with van der Waals surface area (Å²) >= 11 is 0. The molecule has 3 nitrogen and oxygen atoms in total. The molecule has 0 unspecified atom stereocenters. The van der Waals surface area contributed by atoms with Crippen molar-refractivity contribution in [3.05, 3.63) is 36.0 Å². The molecule has 0 radical (unpaired) electrons. The molecule has 1 saturated carbocycles. The third-order valence-electron chi connectivity index (χ3n) is 4.21. The largest absolute Gasteiger partial charge is 0.391 e. The van der Waals surface area contributed by atoms with Gasteiger partial charge in [-0.25, -0.2) is 0 Å². The number of nitrogens with one attached hydrogen (secondary N) is 1. The van der Waals surface area contributed by atoms with E-state index in [4.69, 9.17) is 5.73 Å². The molecule has 18 heavy (non-hydrogen) atoms. The highest BCUT2D eigenvalue weighted by Gasteiger charge is 2.28. The van der Waals surface area contributed by atoms with E-state index in [1.165, 1.54) is 12.8 Å². The Morgan fingerprint density at radius 2 is 2.00 bits per heavy atom. The molecule has 4 N–H and O–H groups in total. The maximum atomic E-state index is 10.4. The Morgan fingerprint density at radius 3 is 2.78 bits per heavy atom. The average Bonchev–Trinajstić information content (AvgIpc) is 3.06. The zero-order chi connectivity index (χ0) is 12.5. The van der Waals surface area contributed by atoms with Crippen LogP contribution in [0.4, 0.5) is 0 Å². The lowest BCUT2D eigenvalue weighted by Crippen LogP contribution is -2.31. The summed E-state index contributed by atoms with van der Waals surface area (Å²) in [5.74, 6) is 0.377. The molecule has 1 heterocycles. The number of H-pyrrole nitrogens is 1. The second-order valence-electron chi connectivity index (χ2n) is 5.39. The second kappa shape index (κ2) is 4.75. The smallest absolute Gasteiger partial charge is 0.0760 e. The number of aliphatic hydroxyl groups excluding tert-OH is 1. The molecule has 1 aromatic carbocycles. The van der Waals surface area contributed by atoms with Crippen LogP contribution in [0.5, 0.6) is 0 Å². The first-order valence-electron chi connectivity index (χ1n) is 6.76. The van der Waals surface area contributed by atoms with Gasteiger partial charge in [-0.15, -0.1) is 0 Å². The minimum absolute atomic E-state index is 0.271. The first-order chi connectivity index (χ1) is 8.75. The van der Waals surface area contributed by atoms with Crippen LogP contribution in [0.15, 0.2) is 30.5 Å². The molecule has 0 aliphatic heterocycles. The van der Waals surface area contributed by atoms with Gasteiger partial charge in [0.15, 0.2) is 0 Å². The fraction of sp³-hybridized carbons (Fsp3) is 0.467. The highest BCUT2D eigenvalue weighted by Crippen LogP contribution is 2.33. The van der Waals surface area contributed by atoms with Crippen molar-refractivity contribution in [2.75, 3.05) is 0 Å². The van der Waals surface area contributed by atoms with E-state index in [9.17, 15) is 5.11 Å². The van der Waals surface area contributed by atoms with Crippen LogP contribution in [0, 0.1) is 5.92 Å². The molecule has 0 saturated heterocycles. The maximum absolute atomic E-state index is 10.4. The Hall–Kier alpha value is -1.32.